The predicted octanol–water partition coefficient (Wildman–Crippen LogP) is 4.29. The molecular weight excluding hydrogens is 299 g/mol. The molecular formula is C14H11Cl2N2S. The molecule has 1 unspecified atom stereocenters. The largest absolute Gasteiger partial charge is 0.317 e. The van der Waals surface area contributed by atoms with Crippen LogP contribution in [-0.4, -0.2) is 22.7 Å². The molecule has 0 spiro atoms. The Bertz CT molecular complexity index is 607. The van der Waals surface area contributed by atoms with Crippen LogP contribution >= 0.6 is 35.0 Å². The first-order chi connectivity index (χ1) is 9.22. The SMILES string of the molecule is Clc1ccc(C2=[C]SC3=NC(C4CC4)CN23)cc1Cl. The van der Waals surface area contributed by atoms with E-state index >= 15 is 0 Å². The zero-order valence-electron chi connectivity index (χ0n) is 10.1. The van der Waals surface area contributed by atoms with E-state index in [9.17, 15) is 0 Å². The first-order valence-electron chi connectivity index (χ1n) is 6.33. The van der Waals surface area contributed by atoms with Gasteiger partial charge in [0.2, 0.25) is 0 Å². The van der Waals surface area contributed by atoms with Crippen molar-refractivity contribution in [2.75, 3.05) is 6.54 Å². The van der Waals surface area contributed by atoms with Crippen molar-refractivity contribution in [2.24, 2.45) is 10.9 Å². The van der Waals surface area contributed by atoms with Crippen LogP contribution in [0.4, 0.5) is 0 Å². The molecule has 1 fully saturated rings. The number of amidine groups is 1. The number of fused-ring (bicyclic) bond motifs is 1. The Hall–Kier alpha value is -0.640. The zero-order valence-corrected chi connectivity index (χ0v) is 12.4. The fraction of sp³-hybridized carbons (Fsp3) is 0.357. The van der Waals surface area contributed by atoms with E-state index in [0.717, 1.165) is 28.9 Å². The summed E-state index contributed by atoms with van der Waals surface area (Å²) in [5.74, 6) is 0.800. The number of aliphatic imine (C=N–C) groups is 1. The van der Waals surface area contributed by atoms with Gasteiger partial charge in [0.1, 0.15) is 0 Å². The van der Waals surface area contributed by atoms with E-state index in [-0.39, 0.29) is 0 Å². The van der Waals surface area contributed by atoms with E-state index in [1.807, 2.05) is 18.2 Å². The third-order valence-corrected chi connectivity index (χ3v) is 5.29. The van der Waals surface area contributed by atoms with Crippen LogP contribution in [0.15, 0.2) is 23.2 Å². The van der Waals surface area contributed by atoms with Crippen molar-refractivity contribution in [3.63, 3.8) is 0 Å². The quantitative estimate of drug-likeness (QED) is 0.809. The van der Waals surface area contributed by atoms with Crippen LogP contribution in [0, 0.1) is 11.3 Å². The summed E-state index contributed by atoms with van der Waals surface area (Å²) in [4.78, 5) is 7.05. The fourth-order valence-electron chi connectivity index (χ4n) is 2.53. The molecule has 1 radical (unpaired) electrons. The lowest BCUT2D eigenvalue weighted by Crippen LogP contribution is -2.24. The van der Waals surface area contributed by atoms with Crippen molar-refractivity contribution < 1.29 is 0 Å². The molecule has 1 aromatic rings. The molecule has 19 heavy (non-hydrogen) atoms. The van der Waals surface area contributed by atoms with Gasteiger partial charge in [-0.2, -0.15) is 0 Å². The summed E-state index contributed by atoms with van der Waals surface area (Å²) < 4.78 is 0. The van der Waals surface area contributed by atoms with Crippen LogP contribution in [0.2, 0.25) is 10.0 Å². The van der Waals surface area contributed by atoms with Gasteiger partial charge >= 0.3 is 0 Å². The molecule has 3 aliphatic rings. The van der Waals surface area contributed by atoms with Crippen molar-refractivity contribution in [1.82, 2.24) is 4.90 Å². The van der Waals surface area contributed by atoms with Gasteiger partial charge in [-0.1, -0.05) is 29.3 Å². The number of halogens is 2. The van der Waals surface area contributed by atoms with Crippen molar-refractivity contribution in [3.05, 3.63) is 39.2 Å². The van der Waals surface area contributed by atoms with Crippen LogP contribution < -0.4 is 0 Å². The predicted molar refractivity (Wildman–Crippen MR) is 81.4 cm³/mol. The molecule has 2 aliphatic heterocycles. The third-order valence-electron chi connectivity index (χ3n) is 3.74. The molecule has 0 bridgehead atoms. The zero-order chi connectivity index (χ0) is 13.0. The summed E-state index contributed by atoms with van der Waals surface area (Å²) in [5, 5.41) is 5.58. The molecule has 1 atom stereocenters. The molecule has 1 aliphatic carbocycles. The van der Waals surface area contributed by atoms with Gasteiger partial charge in [-0.15, -0.1) is 0 Å². The topological polar surface area (TPSA) is 15.6 Å². The van der Waals surface area contributed by atoms with Gasteiger partial charge in [0.15, 0.2) is 5.17 Å². The second-order valence-electron chi connectivity index (χ2n) is 5.11. The molecule has 0 amide bonds. The molecule has 1 aromatic carbocycles. The summed E-state index contributed by atoms with van der Waals surface area (Å²) in [6.07, 6.45) is 2.66. The van der Waals surface area contributed by atoms with Crippen LogP contribution in [0.1, 0.15) is 18.4 Å². The number of thioether (sulfide) groups is 1. The Morgan fingerprint density at radius 2 is 2.11 bits per heavy atom. The average Bonchev–Trinajstić information content (AvgIpc) is 3.04. The van der Waals surface area contributed by atoms with Gasteiger partial charge in [-0.05, 0) is 42.7 Å². The summed E-state index contributed by atoms with van der Waals surface area (Å²) in [6, 6.07) is 6.20. The smallest absolute Gasteiger partial charge is 0.169 e. The lowest BCUT2D eigenvalue weighted by molar-refractivity contribution is 0.520. The first kappa shape index (κ1) is 12.1. The second-order valence-corrected chi connectivity index (χ2v) is 6.70. The molecule has 0 N–H and O–H groups in total. The molecule has 4 rings (SSSR count). The summed E-state index contributed by atoms with van der Waals surface area (Å²) in [5.41, 5.74) is 2.13. The highest BCUT2D eigenvalue weighted by Gasteiger charge is 2.40. The van der Waals surface area contributed by atoms with Gasteiger partial charge in [0.25, 0.3) is 0 Å². The minimum absolute atomic E-state index is 0.474. The van der Waals surface area contributed by atoms with E-state index < -0.39 is 0 Å². The Balaban J connectivity index is 1.62. The van der Waals surface area contributed by atoms with Crippen molar-refractivity contribution in [2.45, 2.75) is 18.9 Å². The molecule has 0 saturated heterocycles. The van der Waals surface area contributed by atoms with Crippen LogP contribution in [0.3, 0.4) is 0 Å². The maximum atomic E-state index is 6.10. The molecule has 5 heteroatoms. The van der Waals surface area contributed by atoms with Gasteiger partial charge < -0.3 is 4.90 Å². The molecule has 0 aromatic heterocycles. The fourth-order valence-corrected chi connectivity index (χ4v) is 3.71. The number of rotatable bonds is 2. The average molecular weight is 310 g/mol. The summed E-state index contributed by atoms with van der Waals surface area (Å²) in [6.45, 7) is 0.982. The summed E-state index contributed by atoms with van der Waals surface area (Å²) in [7, 11) is 0. The molecule has 2 heterocycles. The van der Waals surface area contributed by atoms with Gasteiger partial charge in [0, 0.05) is 12.1 Å². The number of hydrogen-bond donors (Lipinski definition) is 0. The molecule has 1 saturated carbocycles. The first-order valence-corrected chi connectivity index (χ1v) is 7.90. The lowest BCUT2D eigenvalue weighted by Gasteiger charge is -2.18. The number of hydrogen-bond acceptors (Lipinski definition) is 3. The van der Waals surface area contributed by atoms with E-state index in [2.05, 4.69) is 10.3 Å². The standard InChI is InChI=1S/C14H11Cl2N2S/c15-10-4-3-9(5-11(10)16)13-7-19-14-17-12(6-18(13)14)8-1-2-8/h3-5,8,12H,1-2,6H2. The highest BCUT2D eigenvalue weighted by atomic mass is 35.5. The maximum absolute atomic E-state index is 6.10. The van der Waals surface area contributed by atoms with E-state index in [0.29, 0.717) is 16.1 Å². The van der Waals surface area contributed by atoms with Crippen LogP contribution in [0.25, 0.3) is 5.70 Å². The van der Waals surface area contributed by atoms with E-state index in [1.165, 1.54) is 12.8 Å². The van der Waals surface area contributed by atoms with Crippen molar-refractivity contribution >= 4 is 45.8 Å². The number of benzene rings is 1. The van der Waals surface area contributed by atoms with Crippen molar-refractivity contribution in [1.29, 1.82) is 0 Å². The Kier molecular flexibility index (Phi) is 2.83. The highest BCUT2D eigenvalue weighted by Crippen LogP contribution is 2.43. The minimum atomic E-state index is 0.474. The maximum Gasteiger partial charge on any atom is 0.169 e. The second kappa shape index (κ2) is 4.44. The minimum Gasteiger partial charge on any atom is -0.317 e. The lowest BCUT2D eigenvalue weighted by atomic mass is 10.1. The van der Waals surface area contributed by atoms with Crippen LogP contribution in [-0.2, 0) is 0 Å². The Morgan fingerprint density at radius 3 is 2.84 bits per heavy atom. The van der Waals surface area contributed by atoms with Gasteiger partial charge in [-0.25, -0.2) is 0 Å². The molecule has 2 nitrogen and oxygen atoms in total. The van der Waals surface area contributed by atoms with Crippen LogP contribution in [0.5, 0.6) is 0 Å². The van der Waals surface area contributed by atoms with Gasteiger partial charge in [-0.3, -0.25) is 4.99 Å². The Morgan fingerprint density at radius 1 is 1.26 bits per heavy atom. The normalized spacial score (nSPS) is 25.4. The van der Waals surface area contributed by atoms with E-state index in [1.54, 1.807) is 11.8 Å². The summed E-state index contributed by atoms with van der Waals surface area (Å²) >= 11 is 13.7. The number of nitrogens with zero attached hydrogens (tertiary/aromatic N) is 2. The van der Waals surface area contributed by atoms with E-state index in [4.69, 9.17) is 28.2 Å². The monoisotopic (exact) mass is 309 g/mol. The third kappa shape index (κ3) is 2.08. The highest BCUT2D eigenvalue weighted by molar-refractivity contribution is 8.15. The molecule has 97 valence electrons. The van der Waals surface area contributed by atoms with Gasteiger partial charge in [0.05, 0.1) is 27.2 Å². The van der Waals surface area contributed by atoms with Crippen molar-refractivity contribution in [3.8, 4) is 0 Å². The Labute approximate surface area is 126 Å².